The van der Waals surface area contributed by atoms with E-state index in [-0.39, 0.29) is 0 Å². The van der Waals surface area contributed by atoms with Crippen LogP contribution in [0.15, 0.2) is 28.7 Å². The van der Waals surface area contributed by atoms with Gasteiger partial charge in [-0.3, -0.25) is 0 Å². The van der Waals surface area contributed by atoms with Crippen LogP contribution >= 0.6 is 15.9 Å². The van der Waals surface area contributed by atoms with Crippen LogP contribution in [0.2, 0.25) is 0 Å². The van der Waals surface area contributed by atoms with Crippen LogP contribution in [0.5, 0.6) is 0 Å². The van der Waals surface area contributed by atoms with Gasteiger partial charge in [0.05, 0.1) is 0 Å². The van der Waals surface area contributed by atoms with Gasteiger partial charge in [-0.1, -0.05) is 15.9 Å². The topological polar surface area (TPSA) is 40.5 Å². The Hall–Kier alpha value is -1.29. The molecule has 1 saturated carbocycles. The number of nitrogens with zero attached hydrogens (tertiary/aromatic N) is 1. The molecule has 0 atom stereocenters. The second-order valence-electron chi connectivity index (χ2n) is 5.56. The van der Waals surface area contributed by atoms with E-state index in [0.717, 1.165) is 28.2 Å². The predicted molar refractivity (Wildman–Crippen MR) is 86.0 cm³/mol. The molecule has 1 N–H and O–H groups in total. The second-order valence-corrected chi connectivity index (χ2v) is 6.48. The van der Waals surface area contributed by atoms with Crippen LogP contribution in [0.3, 0.4) is 0 Å². The summed E-state index contributed by atoms with van der Waals surface area (Å²) >= 11 is 3.45. The molecule has 108 valence electrons. The summed E-state index contributed by atoms with van der Waals surface area (Å²) < 4.78 is 0.960. The van der Waals surface area contributed by atoms with E-state index >= 15 is 0 Å². The zero-order valence-corrected chi connectivity index (χ0v) is 13.4. The maximum absolute atomic E-state index is 10.7. The van der Waals surface area contributed by atoms with Crippen molar-refractivity contribution in [2.45, 2.75) is 32.7 Å². The van der Waals surface area contributed by atoms with Gasteiger partial charge < -0.3 is 10.0 Å². The van der Waals surface area contributed by atoms with Crippen molar-refractivity contribution in [2.75, 3.05) is 11.4 Å². The lowest BCUT2D eigenvalue weighted by Gasteiger charge is -2.30. The van der Waals surface area contributed by atoms with Gasteiger partial charge in [-0.15, -0.1) is 0 Å². The van der Waals surface area contributed by atoms with Crippen LogP contribution in [0, 0.1) is 5.92 Å². The predicted octanol–water partition coefficient (Wildman–Crippen LogP) is 4.17. The minimum absolute atomic E-state index is 0.397. The van der Waals surface area contributed by atoms with Crippen LogP contribution in [-0.2, 0) is 4.79 Å². The molecule has 1 aromatic rings. The van der Waals surface area contributed by atoms with Gasteiger partial charge in [0.2, 0.25) is 0 Å². The molecule has 0 spiro atoms. The average molecular weight is 338 g/mol. The number of hydrogen-bond acceptors (Lipinski definition) is 2. The van der Waals surface area contributed by atoms with Gasteiger partial charge in [0.1, 0.15) is 0 Å². The second kappa shape index (κ2) is 6.44. The third kappa shape index (κ3) is 4.10. The molecule has 20 heavy (non-hydrogen) atoms. The minimum Gasteiger partial charge on any atom is -0.478 e. The first-order chi connectivity index (χ1) is 9.47. The number of halogens is 1. The van der Waals surface area contributed by atoms with E-state index in [1.165, 1.54) is 18.9 Å². The quantitative estimate of drug-likeness (QED) is 0.792. The lowest BCUT2D eigenvalue weighted by molar-refractivity contribution is -0.131. The molecular weight excluding hydrogens is 318 g/mol. The Morgan fingerprint density at radius 3 is 2.75 bits per heavy atom. The maximum atomic E-state index is 10.7. The fourth-order valence-electron chi connectivity index (χ4n) is 2.25. The Morgan fingerprint density at radius 2 is 2.20 bits per heavy atom. The third-order valence-electron chi connectivity index (χ3n) is 3.48. The number of carbonyl (C=O) groups is 1. The fourth-order valence-corrected chi connectivity index (χ4v) is 2.63. The number of anilines is 1. The molecule has 1 fully saturated rings. The van der Waals surface area contributed by atoms with Crippen molar-refractivity contribution < 1.29 is 9.90 Å². The summed E-state index contributed by atoms with van der Waals surface area (Å²) in [6, 6.07) is 6.44. The van der Waals surface area contributed by atoms with E-state index in [1.807, 2.05) is 12.1 Å². The average Bonchev–Trinajstić information content (AvgIpc) is 3.18. The van der Waals surface area contributed by atoms with Crippen molar-refractivity contribution in [3.05, 3.63) is 34.3 Å². The van der Waals surface area contributed by atoms with E-state index in [1.54, 1.807) is 6.08 Å². The summed E-state index contributed by atoms with van der Waals surface area (Å²) in [6.45, 7) is 5.40. The van der Waals surface area contributed by atoms with E-state index in [4.69, 9.17) is 5.11 Å². The Kier molecular flexibility index (Phi) is 4.86. The van der Waals surface area contributed by atoms with Crippen LogP contribution in [0.25, 0.3) is 6.08 Å². The zero-order chi connectivity index (χ0) is 14.7. The molecule has 0 bridgehead atoms. The molecule has 0 amide bonds. The van der Waals surface area contributed by atoms with Gasteiger partial charge >= 0.3 is 5.97 Å². The smallest absolute Gasteiger partial charge is 0.328 e. The molecule has 1 aliphatic rings. The number of carboxylic acids is 1. The van der Waals surface area contributed by atoms with Crippen molar-refractivity contribution in [1.82, 2.24) is 0 Å². The van der Waals surface area contributed by atoms with Crippen molar-refractivity contribution in [3.63, 3.8) is 0 Å². The summed E-state index contributed by atoms with van der Waals surface area (Å²) in [6.07, 6.45) is 5.48. The van der Waals surface area contributed by atoms with Gasteiger partial charge in [0.15, 0.2) is 0 Å². The molecule has 0 aliphatic heterocycles. The Balaban J connectivity index is 2.33. The highest BCUT2D eigenvalue weighted by atomic mass is 79.9. The van der Waals surface area contributed by atoms with Crippen molar-refractivity contribution in [3.8, 4) is 0 Å². The summed E-state index contributed by atoms with van der Waals surface area (Å²) in [7, 11) is 0. The van der Waals surface area contributed by atoms with Crippen LogP contribution in [0.1, 0.15) is 32.3 Å². The van der Waals surface area contributed by atoms with E-state index in [9.17, 15) is 4.79 Å². The number of rotatable bonds is 6. The summed E-state index contributed by atoms with van der Waals surface area (Å²) in [4.78, 5) is 13.1. The molecule has 1 aromatic carbocycles. The number of carboxylic acid groups (broad SMARTS) is 1. The third-order valence-corrected chi connectivity index (χ3v) is 3.97. The molecule has 0 unspecified atom stereocenters. The fraction of sp³-hybridized carbons (Fsp3) is 0.438. The standard InChI is InChI=1S/C16H20BrNO2/c1-11(2)18(10-12-3-4-12)15-7-6-14(17)9-13(15)5-8-16(19)20/h5-9,11-12H,3-4,10H2,1-2H3,(H,19,20)/b8-5+. The largest absolute Gasteiger partial charge is 0.478 e. The van der Waals surface area contributed by atoms with Gasteiger partial charge in [-0.2, -0.15) is 0 Å². The molecule has 0 saturated heterocycles. The first-order valence-electron chi connectivity index (χ1n) is 6.94. The Bertz CT molecular complexity index is 521. The van der Waals surface area contributed by atoms with Gasteiger partial charge in [0.25, 0.3) is 0 Å². The van der Waals surface area contributed by atoms with Gasteiger partial charge in [-0.05, 0) is 62.4 Å². The minimum atomic E-state index is -0.922. The molecule has 0 aromatic heterocycles. The molecule has 0 radical (unpaired) electrons. The van der Waals surface area contributed by atoms with Crippen molar-refractivity contribution in [1.29, 1.82) is 0 Å². The first-order valence-corrected chi connectivity index (χ1v) is 7.74. The van der Waals surface area contributed by atoms with E-state index < -0.39 is 5.97 Å². The lowest BCUT2D eigenvalue weighted by Crippen LogP contribution is -2.33. The highest BCUT2D eigenvalue weighted by Crippen LogP contribution is 2.34. The monoisotopic (exact) mass is 337 g/mol. The van der Waals surface area contributed by atoms with Crippen molar-refractivity contribution in [2.24, 2.45) is 5.92 Å². The SMILES string of the molecule is CC(C)N(CC1CC1)c1ccc(Br)cc1/C=C/C(=O)O. The highest BCUT2D eigenvalue weighted by Gasteiger charge is 2.26. The molecule has 0 heterocycles. The van der Waals surface area contributed by atoms with Gasteiger partial charge in [0, 0.05) is 28.8 Å². The van der Waals surface area contributed by atoms with E-state index in [2.05, 4.69) is 40.7 Å². The maximum Gasteiger partial charge on any atom is 0.328 e. The molecule has 4 heteroatoms. The summed E-state index contributed by atoms with van der Waals surface area (Å²) in [5.41, 5.74) is 2.05. The van der Waals surface area contributed by atoms with E-state index in [0.29, 0.717) is 6.04 Å². The molecule has 3 nitrogen and oxygen atoms in total. The van der Waals surface area contributed by atoms with Crippen LogP contribution < -0.4 is 4.90 Å². The van der Waals surface area contributed by atoms with Crippen LogP contribution in [0.4, 0.5) is 5.69 Å². The van der Waals surface area contributed by atoms with Gasteiger partial charge in [-0.25, -0.2) is 4.79 Å². The lowest BCUT2D eigenvalue weighted by atomic mass is 10.1. The number of benzene rings is 1. The number of hydrogen-bond donors (Lipinski definition) is 1. The first kappa shape index (κ1) is 15.1. The highest BCUT2D eigenvalue weighted by molar-refractivity contribution is 9.10. The molecule has 2 rings (SSSR count). The molecular formula is C16H20BrNO2. The zero-order valence-electron chi connectivity index (χ0n) is 11.8. The van der Waals surface area contributed by atoms with Crippen LogP contribution in [-0.4, -0.2) is 23.7 Å². The Morgan fingerprint density at radius 1 is 1.50 bits per heavy atom. The summed E-state index contributed by atoms with van der Waals surface area (Å²) in [5.74, 6) is -0.133. The summed E-state index contributed by atoms with van der Waals surface area (Å²) in [5, 5.41) is 8.83. The normalized spacial score (nSPS) is 15.0. The van der Waals surface area contributed by atoms with Crippen molar-refractivity contribution >= 4 is 33.7 Å². The molecule has 1 aliphatic carbocycles. The Labute approximate surface area is 128 Å². The number of aliphatic carboxylic acids is 1.